The molecule has 0 heterocycles. The molecule has 0 spiro atoms. The Labute approximate surface area is 195 Å². The lowest BCUT2D eigenvalue weighted by atomic mass is 10.1. The average Bonchev–Trinajstić information content (AvgIpc) is 2.79. The van der Waals surface area contributed by atoms with Crippen LogP contribution in [0.4, 0.5) is 11.4 Å². The number of anilines is 2. The molecule has 0 atom stereocenters. The smallest absolute Gasteiger partial charge is 0.268 e. The summed E-state index contributed by atoms with van der Waals surface area (Å²) in [5.41, 5.74) is 3.63. The van der Waals surface area contributed by atoms with E-state index in [1.165, 1.54) is 7.11 Å². The minimum atomic E-state index is -4.12. The highest BCUT2D eigenvalue weighted by molar-refractivity contribution is 7.93. The first-order valence-electron chi connectivity index (χ1n) is 10.3. The summed E-state index contributed by atoms with van der Waals surface area (Å²) in [6.07, 6.45) is 0. The van der Waals surface area contributed by atoms with E-state index in [9.17, 15) is 13.2 Å². The van der Waals surface area contributed by atoms with Crippen molar-refractivity contribution < 1.29 is 22.7 Å². The Hall–Kier alpha value is -3.52. The Morgan fingerprint density at radius 1 is 0.879 bits per heavy atom. The number of hydrogen-bond donors (Lipinski definition) is 1. The largest absolute Gasteiger partial charge is 0.497 e. The molecule has 0 aliphatic heterocycles. The first-order valence-corrected chi connectivity index (χ1v) is 11.8. The van der Waals surface area contributed by atoms with Gasteiger partial charge in [-0.15, -0.1) is 0 Å². The molecule has 0 unspecified atom stereocenters. The van der Waals surface area contributed by atoms with E-state index in [2.05, 4.69) is 5.32 Å². The van der Waals surface area contributed by atoms with E-state index in [0.29, 0.717) is 17.1 Å². The minimum Gasteiger partial charge on any atom is -0.497 e. The van der Waals surface area contributed by atoms with E-state index in [4.69, 9.17) is 9.47 Å². The van der Waals surface area contributed by atoms with Gasteiger partial charge in [0, 0.05) is 5.69 Å². The molecule has 0 fully saturated rings. The van der Waals surface area contributed by atoms with Crippen LogP contribution in [-0.4, -0.2) is 35.1 Å². The minimum absolute atomic E-state index is 0.000440. The maximum Gasteiger partial charge on any atom is 0.268 e. The van der Waals surface area contributed by atoms with Crippen LogP contribution in [0, 0.1) is 20.8 Å². The number of aryl methyl sites for hydroxylation is 3. The molecule has 3 aromatic carbocycles. The van der Waals surface area contributed by atoms with Gasteiger partial charge in [-0.2, -0.15) is 0 Å². The van der Waals surface area contributed by atoms with E-state index in [1.807, 2.05) is 19.9 Å². The van der Waals surface area contributed by atoms with Crippen LogP contribution in [0.1, 0.15) is 16.7 Å². The fourth-order valence-corrected chi connectivity index (χ4v) is 4.96. The lowest BCUT2D eigenvalue weighted by Crippen LogP contribution is -2.38. The zero-order valence-electron chi connectivity index (χ0n) is 19.4. The molecule has 0 aliphatic rings. The number of rotatable bonds is 8. The van der Waals surface area contributed by atoms with Crippen LogP contribution in [0.5, 0.6) is 11.5 Å². The monoisotopic (exact) mass is 468 g/mol. The van der Waals surface area contributed by atoms with Crippen molar-refractivity contribution in [2.24, 2.45) is 0 Å². The van der Waals surface area contributed by atoms with Gasteiger partial charge in [-0.3, -0.25) is 9.10 Å². The molecule has 0 saturated heterocycles. The van der Waals surface area contributed by atoms with Gasteiger partial charge in [-0.05, 0) is 86.0 Å². The van der Waals surface area contributed by atoms with E-state index in [1.54, 1.807) is 68.6 Å². The van der Waals surface area contributed by atoms with Gasteiger partial charge < -0.3 is 14.8 Å². The maximum atomic E-state index is 13.8. The van der Waals surface area contributed by atoms with Crippen LogP contribution in [0.25, 0.3) is 0 Å². The first-order chi connectivity index (χ1) is 15.6. The van der Waals surface area contributed by atoms with Crippen LogP contribution < -0.4 is 19.1 Å². The summed E-state index contributed by atoms with van der Waals surface area (Å²) >= 11 is 0. The number of sulfonamides is 1. The normalized spacial score (nSPS) is 11.1. The van der Waals surface area contributed by atoms with Gasteiger partial charge in [0.15, 0.2) is 0 Å². The predicted octanol–water partition coefficient (Wildman–Crippen LogP) is 4.46. The molecule has 7 nitrogen and oxygen atoms in total. The number of nitrogens with one attached hydrogen (secondary N) is 1. The number of methoxy groups -OCH3 is 2. The molecule has 1 amide bonds. The number of benzene rings is 3. The van der Waals surface area contributed by atoms with Crippen molar-refractivity contribution in [3.8, 4) is 11.5 Å². The molecule has 1 N–H and O–H groups in total. The SMILES string of the molecule is COc1ccc(NC(=O)CN(c2ccc(C)c(C)c2)S(=O)(=O)c2cc(C)ccc2OC)cc1. The van der Waals surface area contributed by atoms with Gasteiger partial charge in [-0.25, -0.2) is 8.42 Å². The van der Waals surface area contributed by atoms with Crippen LogP contribution in [0.15, 0.2) is 65.6 Å². The van der Waals surface area contributed by atoms with Crippen molar-refractivity contribution in [3.05, 3.63) is 77.4 Å². The molecule has 0 bridgehead atoms. The van der Waals surface area contributed by atoms with Crippen molar-refractivity contribution in [2.45, 2.75) is 25.7 Å². The average molecular weight is 469 g/mol. The second kappa shape index (κ2) is 9.95. The highest BCUT2D eigenvalue weighted by Crippen LogP contribution is 2.31. The van der Waals surface area contributed by atoms with Gasteiger partial charge in [0.2, 0.25) is 5.91 Å². The second-order valence-corrected chi connectivity index (χ2v) is 9.54. The van der Waals surface area contributed by atoms with E-state index >= 15 is 0 Å². The third-order valence-electron chi connectivity index (χ3n) is 5.33. The van der Waals surface area contributed by atoms with E-state index in [0.717, 1.165) is 21.0 Å². The Bertz CT molecular complexity index is 1250. The zero-order chi connectivity index (χ0) is 24.2. The molecular weight excluding hydrogens is 440 g/mol. The topological polar surface area (TPSA) is 84.9 Å². The first kappa shape index (κ1) is 24.1. The van der Waals surface area contributed by atoms with Gasteiger partial charge in [-0.1, -0.05) is 12.1 Å². The fraction of sp³-hybridized carbons (Fsp3) is 0.240. The summed E-state index contributed by atoms with van der Waals surface area (Å²) in [5, 5.41) is 2.75. The second-order valence-electron chi connectivity index (χ2n) is 7.71. The predicted molar refractivity (Wildman–Crippen MR) is 130 cm³/mol. The van der Waals surface area contributed by atoms with Crippen molar-refractivity contribution in [2.75, 3.05) is 30.4 Å². The van der Waals surface area contributed by atoms with E-state index in [-0.39, 0.29) is 10.6 Å². The van der Waals surface area contributed by atoms with Crippen molar-refractivity contribution in [1.29, 1.82) is 0 Å². The molecule has 8 heteroatoms. The molecular formula is C25H28N2O5S. The quantitative estimate of drug-likeness (QED) is 0.528. The van der Waals surface area contributed by atoms with Crippen molar-refractivity contribution >= 4 is 27.3 Å². The van der Waals surface area contributed by atoms with Crippen LogP contribution in [0.2, 0.25) is 0 Å². The zero-order valence-corrected chi connectivity index (χ0v) is 20.2. The number of ether oxygens (including phenoxy) is 2. The van der Waals surface area contributed by atoms with E-state index < -0.39 is 22.5 Å². The van der Waals surface area contributed by atoms with Gasteiger partial charge in [0.1, 0.15) is 22.9 Å². The summed E-state index contributed by atoms with van der Waals surface area (Å²) in [5.74, 6) is 0.387. The molecule has 174 valence electrons. The Morgan fingerprint density at radius 3 is 2.18 bits per heavy atom. The van der Waals surface area contributed by atoms with Crippen molar-refractivity contribution in [3.63, 3.8) is 0 Å². The Morgan fingerprint density at radius 2 is 1.58 bits per heavy atom. The van der Waals surface area contributed by atoms with Gasteiger partial charge in [0.25, 0.3) is 10.0 Å². The number of carbonyl (C=O) groups excluding carboxylic acids is 1. The molecule has 0 aromatic heterocycles. The molecule has 0 radical (unpaired) electrons. The van der Waals surface area contributed by atoms with Crippen molar-refractivity contribution in [1.82, 2.24) is 0 Å². The molecule has 3 rings (SSSR count). The standard InChI is InChI=1S/C25H28N2O5S/c1-17-6-13-23(32-5)24(14-17)33(29,30)27(21-10-7-18(2)19(3)15-21)16-25(28)26-20-8-11-22(31-4)12-9-20/h6-15H,16H2,1-5H3,(H,26,28). The number of nitrogens with zero attached hydrogens (tertiary/aromatic N) is 1. The summed E-state index contributed by atoms with van der Waals surface area (Å²) in [6, 6.07) is 17.0. The lowest BCUT2D eigenvalue weighted by molar-refractivity contribution is -0.114. The number of hydrogen-bond acceptors (Lipinski definition) is 5. The third kappa shape index (κ3) is 5.46. The van der Waals surface area contributed by atoms with Crippen LogP contribution in [-0.2, 0) is 14.8 Å². The van der Waals surface area contributed by atoms with Gasteiger partial charge in [0.05, 0.1) is 19.9 Å². The third-order valence-corrected chi connectivity index (χ3v) is 7.12. The summed E-state index contributed by atoms with van der Waals surface area (Å²) in [4.78, 5) is 12.9. The molecule has 0 aliphatic carbocycles. The molecule has 3 aromatic rings. The van der Waals surface area contributed by atoms with Gasteiger partial charge >= 0.3 is 0 Å². The lowest BCUT2D eigenvalue weighted by Gasteiger charge is -2.26. The Kier molecular flexibility index (Phi) is 7.28. The Balaban J connectivity index is 2.01. The fourth-order valence-electron chi connectivity index (χ4n) is 3.31. The number of carbonyl (C=O) groups is 1. The summed E-state index contributed by atoms with van der Waals surface area (Å²) < 4.78 is 39.1. The maximum absolute atomic E-state index is 13.8. The highest BCUT2D eigenvalue weighted by atomic mass is 32.2. The highest BCUT2D eigenvalue weighted by Gasteiger charge is 2.30. The summed E-state index contributed by atoms with van der Waals surface area (Å²) in [6.45, 7) is 5.23. The summed E-state index contributed by atoms with van der Waals surface area (Å²) in [7, 11) is -1.15. The number of amides is 1. The molecule has 33 heavy (non-hydrogen) atoms. The van der Waals surface area contributed by atoms with Crippen LogP contribution in [0.3, 0.4) is 0 Å². The van der Waals surface area contributed by atoms with Crippen LogP contribution >= 0.6 is 0 Å². The molecule has 0 saturated carbocycles.